The summed E-state index contributed by atoms with van der Waals surface area (Å²) < 4.78 is 32.0. The fourth-order valence-electron chi connectivity index (χ4n) is 2.45. The minimum absolute atomic E-state index is 0.0180. The molecule has 0 aromatic heterocycles. The zero-order chi connectivity index (χ0) is 20.1. The molecule has 6 nitrogen and oxygen atoms in total. The Bertz CT molecular complexity index is 1050. The molecule has 0 bridgehead atoms. The second-order valence-corrected chi connectivity index (χ2v) is 7.74. The number of anilines is 1. The quantitative estimate of drug-likeness (QED) is 0.589. The number of ether oxygens (including phenoxy) is 1. The van der Waals surface area contributed by atoms with Gasteiger partial charge in [-0.3, -0.25) is 0 Å². The first-order valence-electron chi connectivity index (χ1n) is 8.45. The van der Waals surface area contributed by atoms with E-state index >= 15 is 0 Å². The van der Waals surface area contributed by atoms with Crippen molar-refractivity contribution in [3.05, 3.63) is 90.0 Å². The zero-order valence-electron chi connectivity index (χ0n) is 15.4. The monoisotopic (exact) mass is 397 g/mol. The van der Waals surface area contributed by atoms with Crippen molar-refractivity contribution in [1.29, 1.82) is 0 Å². The number of hydrogen-bond donors (Lipinski definition) is 0. The van der Waals surface area contributed by atoms with E-state index in [1.807, 2.05) is 6.92 Å². The highest BCUT2D eigenvalue weighted by Crippen LogP contribution is 2.25. The number of aryl methyl sites for hydroxylation is 1. The molecule has 3 rings (SSSR count). The molecular formula is C21H19NO5S. The molecular weight excluding hydrogens is 378 g/mol. The number of para-hydroxylation sites is 1. The standard InChI is InChI=1S/C21H19NO5S/c1-16-8-14-20(15-9-16)28(24,25)22(18-6-4-3-5-7-18)27-21(23)17-10-12-19(26-2)13-11-17/h3-15H,1-2H3. The van der Waals surface area contributed by atoms with Gasteiger partial charge in [0.1, 0.15) is 5.75 Å². The van der Waals surface area contributed by atoms with Crippen molar-refractivity contribution < 1.29 is 22.8 Å². The van der Waals surface area contributed by atoms with E-state index in [-0.39, 0.29) is 16.1 Å². The lowest BCUT2D eigenvalue weighted by Gasteiger charge is -2.22. The lowest BCUT2D eigenvalue weighted by Crippen LogP contribution is -2.33. The molecule has 3 aromatic rings. The predicted octanol–water partition coefficient (Wildman–Crippen LogP) is 3.97. The van der Waals surface area contributed by atoms with Crippen LogP contribution in [0, 0.1) is 6.92 Å². The number of carbonyl (C=O) groups is 1. The lowest BCUT2D eigenvalue weighted by atomic mass is 10.2. The van der Waals surface area contributed by atoms with Crippen LogP contribution in [0.1, 0.15) is 15.9 Å². The first-order valence-corrected chi connectivity index (χ1v) is 9.89. The molecule has 0 aliphatic rings. The Hall–Kier alpha value is -3.32. The number of methoxy groups -OCH3 is 1. The highest BCUT2D eigenvalue weighted by Gasteiger charge is 2.29. The summed E-state index contributed by atoms with van der Waals surface area (Å²) in [4.78, 5) is 17.9. The second kappa shape index (κ2) is 8.14. The van der Waals surface area contributed by atoms with Gasteiger partial charge < -0.3 is 9.57 Å². The number of hydrogen-bond acceptors (Lipinski definition) is 5. The van der Waals surface area contributed by atoms with Crippen LogP contribution >= 0.6 is 0 Å². The van der Waals surface area contributed by atoms with Crippen molar-refractivity contribution in [2.45, 2.75) is 11.8 Å². The maximum atomic E-state index is 13.1. The van der Waals surface area contributed by atoms with Gasteiger partial charge in [0.25, 0.3) is 10.0 Å². The van der Waals surface area contributed by atoms with Crippen LogP contribution in [0.4, 0.5) is 5.69 Å². The molecule has 0 amide bonds. The van der Waals surface area contributed by atoms with Crippen LogP contribution in [-0.4, -0.2) is 21.5 Å². The van der Waals surface area contributed by atoms with Crippen molar-refractivity contribution in [3.63, 3.8) is 0 Å². The first-order chi connectivity index (χ1) is 13.4. The van der Waals surface area contributed by atoms with Crippen molar-refractivity contribution in [1.82, 2.24) is 0 Å². The van der Waals surface area contributed by atoms with Gasteiger partial charge in [-0.2, -0.15) is 8.42 Å². The Morgan fingerprint density at radius 1 is 0.857 bits per heavy atom. The van der Waals surface area contributed by atoms with E-state index in [1.54, 1.807) is 54.6 Å². The largest absolute Gasteiger partial charge is 0.497 e. The zero-order valence-corrected chi connectivity index (χ0v) is 16.2. The van der Waals surface area contributed by atoms with Gasteiger partial charge in [0.15, 0.2) is 0 Å². The third kappa shape index (κ3) is 4.15. The van der Waals surface area contributed by atoms with E-state index in [2.05, 4.69) is 0 Å². The molecule has 144 valence electrons. The van der Waals surface area contributed by atoms with Gasteiger partial charge in [0.2, 0.25) is 0 Å². The predicted molar refractivity (Wildman–Crippen MR) is 106 cm³/mol. The normalized spacial score (nSPS) is 10.9. The fraction of sp³-hybridized carbons (Fsp3) is 0.0952. The summed E-state index contributed by atoms with van der Waals surface area (Å²) in [5.41, 5.74) is 1.33. The smallest absolute Gasteiger partial charge is 0.364 e. The van der Waals surface area contributed by atoms with Crippen molar-refractivity contribution in [3.8, 4) is 5.75 Å². The highest BCUT2D eigenvalue weighted by molar-refractivity contribution is 7.92. The summed E-state index contributed by atoms with van der Waals surface area (Å²) in [7, 11) is -2.61. The molecule has 0 saturated carbocycles. The van der Waals surface area contributed by atoms with Crippen LogP contribution in [0.25, 0.3) is 0 Å². The van der Waals surface area contributed by atoms with Gasteiger partial charge in [-0.1, -0.05) is 40.4 Å². The van der Waals surface area contributed by atoms with Gasteiger partial charge in [-0.25, -0.2) is 4.79 Å². The first kappa shape index (κ1) is 19.4. The van der Waals surface area contributed by atoms with Crippen LogP contribution in [0.3, 0.4) is 0 Å². The lowest BCUT2D eigenvalue weighted by molar-refractivity contribution is 0.0528. The third-order valence-corrected chi connectivity index (χ3v) is 5.59. The summed E-state index contributed by atoms with van der Waals surface area (Å²) in [6.45, 7) is 1.86. The number of carbonyl (C=O) groups excluding carboxylic acids is 1. The minimum atomic E-state index is -4.12. The van der Waals surface area contributed by atoms with E-state index in [4.69, 9.17) is 9.57 Å². The van der Waals surface area contributed by atoms with E-state index < -0.39 is 16.0 Å². The van der Waals surface area contributed by atoms with Crippen LogP contribution < -0.4 is 9.21 Å². The van der Waals surface area contributed by atoms with Crippen molar-refractivity contribution in [2.24, 2.45) is 0 Å². The Morgan fingerprint density at radius 2 is 1.46 bits per heavy atom. The molecule has 0 aliphatic heterocycles. The molecule has 0 saturated heterocycles. The van der Waals surface area contributed by atoms with Gasteiger partial charge in [0, 0.05) is 0 Å². The molecule has 0 heterocycles. The number of rotatable bonds is 6. The van der Waals surface area contributed by atoms with Crippen LogP contribution in [-0.2, 0) is 14.9 Å². The number of nitrogens with zero attached hydrogens (tertiary/aromatic N) is 1. The summed E-state index contributed by atoms with van der Waals surface area (Å²) in [6, 6.07) is 20.7. The summed E-state index contributed by atoms with van der Waals surface area (Å²) in [6.07, 6.45) is 0. The van der Waals surface area contributed by atoms with Gasteiger partial charge in [0.05, 0.1) is 23.3 Å². The molecule has 28 heavy (non-hydrogen) atoms. The van der Waals surface area contributed by atoms with E-state index in [0.29, 0.717) is 10.2 Å². The molecule has 0 N–H and O–H groups in total. The SMILES string of the molecule is COc1ccc(C(=O)ON(c2ccccc2)S(=O)(=O)c2ccc(C)cc2)cc1. The summed E-state index contributed by atoms with van der Waals surface area (Å²) in [5, 5.41) is 0. The molecule has 0 spiro atoms. The average molecular weight is 397 g/mol. The molecule has 0 unspecified atom stereocenters. The Labute approximate surface area is 164 Å². The highest BCUT2D eigenvalue weighted by atomic mass is 32.2. The van der Waals surface area contributed by atoms with Crippen molar-refractivity contribution >= 4 is 21.7 Å². The molecule has 0 fully saturated rings. The number of sulfonamides is 1. The molecule has 7 heteroatoms. The van der Waals surface area contributed by atoms with Crippen LogP contribution in [0.5, 0.6) is 5.75 Å². The second-order valence-electron chi connectivity index (χ2n) is 5.99. The van der Waals surface area contributed by atoms with E-state index in [9.17, 15) is 13.2 Å². The molecule has 0 atom stereocenters. The van der Waals surface area contributed by atoms with Crippen molar-refractivity contribution in [2.75, 3.05) is 11.6 Å². The maximum Gasteiger partial charge on any atom is 0.364 e. The van der Waals surface area contributed by atoms with E-state index in [0.717, 1.165) is 5.56 Å². The Kier molecular flexibility index (Phi) is 5.65. The number of benzene rings is 3. The van der Waals surface area contributed by atoms with E-state index in [1.165, 1.54) is 31.4 Å². The summed E-state index contributed by atoms with van der Waals surface area (Å²) >= 11 is 0. The Balaban J connectivity index is 1.97. The van der Waals surface area contributed by atoms with Gasteiger partial charge in [-0.05, 0) is 55.5 Å². The van der Waals surface area contributed by atoms with Crippen LogP contribution in [0.15, 0.2) is 83.8 Å². The molecule has 0 radical (unpaired) electrons. The van der Waals surface area contributed by atoms with Crippen LogP contribution in [0.2, 0.25) is 0 Å². The third-order valence-electron chi connectivity index (χ3n) is 4.00. The maximum absolute atomic E-state index is 13.1. The Morgan fingerprint density at radius 3 is 2.04 bits per heavy atom. The van der Waals surface area contributed by atoms with Gasteiger partial charge in [-0.15, -0.1) is 0 Å². The topological polar surface area (TPSA) is 72.9 Å². The molecule has 0 aliphatic carbocycles. The summed E-state index contributed by atoms with van der Waals surface area (Å²) in [5.74, 6) is -0.231. The fourth-order valence-corrected chi connectivity index (χ4v) is 3.69. The average Bonchev–Trinajstić information content (AvgIpc) is 2.72. The minimum Gasteiger partial charge on any atom is -0.497 e. The van der Waals surface area contributed by atoms with Gasteiger partial charge >= 0.3 is 5.97 Å². The molecule has 3 aromatic carbocycles.